The van der Waals surface area contributed by atoms with Gasteiger partial charge in [0.05, 0.1) is 0 Å². The molecule has 0 fully saturated rings. The van der Waals surface area contributed by atoms with Crippen molar-refractivity contribution in [3.63, 3.8) is 0 Å². The highest BCUT2D eigenvalue weighted by molar-refractivity contribution is 5.57. The molecule has 14 heavy (non-hydrogen) atoms. The molecule has 0 spiro atoms. The number of rotatable bonds is 0. The van der Waals surface area contributed by atoms with Gasteiger partial charge in [0.2, 0.25) is 0 Å². The Morgan fingerprint density at radius 1 is 0.714 bits per heavy atom. The van der Waals surface area contributed by atoms with Gasteiger partial charge in [-0.05, 0) is 57.3 Å². The third-order valence-electron chi connectivity index (χ3n) is 4.50. The van der Waals surface area contributed by atoms with E-state index >= 15 is 0 Å². The van der Waals surface area contributed by atoms with Crippen molar-refractivity contribution in [2.24, 2.45) is 11.8 Å². The van der Waals surface area contributed by atoms with Crippen LogP contribution < -0.4 is 0 Å². The van der Waals surface area contributed by atoms with Gasteiger partial charge < -0.3 is 0 Å². The van der Waals surface area contributed by atoms with E-state index in [-0.39, 0.29) is 0 Å². The van der Waals surface area contributed by atoms with Crippen LogP contribution in [0.15, 0.2) is 33.4 Å². The van der Waals surface area contributed by atoms with E-state index in [1.54, 1.807) is 27.9 Å². The minimum absolute atomic E-state index is 0.657. The Morgan fingerprint density at radius 3 is 1.79 bits per heavy atom. The zero-order valence-corrected chi connectivity index (χ0v) is 10.2. The van der Waals surface area contributed by atoms with Gasteiger partial charge in [0.1, 0.15) is 0 Å². The zero-order chi connectivity index (χ0) is 10.6. The molecule has 2 atom stereocenters. The third-order valence-corrected chi connectivity index (χ3v) is 4.50. The molecule has 0 aromatic rings. The lowest BCUT2D eigenvalue weighted by molar-refractivity contribution is 0.767. The van der Waals surface area contributed by atoms with Crippen LogP contribution in [0.4, 0.5) is 0 Å². The van der Waals surface area contributed by atoms with Crippen LogP contribution in [0.25, 0.3) is 0 Å². The number of hydrogen-bond donors (Lipinski definition) is 0. The van der Waals surface area contributed by atoms with Crippen LogP contribution in [0.2, 0.25) is 0 Å². The molecule has 0 heterocycles. The highest BCUT2D eigenvalue weighted by Crippen LogP contribution is 2.51. The smallest absolute Gasteiger partial charge is 0.0231 e. The second-order valence-electron chi connectivity index (χ2n) is 4.91. The molecule has 0 nitrogen and oxygen atoms in total. The molecule has 0 radical (unpaired) electrons. The molecule has 76 valence electrons. The predicted octanol–water partition coefficient (Wildman–Crippen LogP) is 4.26. The minimum Gasteiger partial charge on any atom is -0.0665 e. The van der Waals surface area contributed by atoms with Gasteiger partial charge in [-0.1, -0.05) is 23.6 Å². The second kappa shape index (κ2) is 2.85. The maximum absolute atomic E-state index is 2.35. The molecular weight excluding hydrogens is 168 g/mol. The summed E-state index contributed by atoms with van der Waals surface area (Å²) in [6.45, 7) is 13.8. The molecule has 2 unspecified atom stereocenters. The number of allylic oxidation sites excluding steroid dienone is 6. The Hall–Kier alpha value is -0.780. The van der Waals surface area contributed by atoms with Gasteiger partial charge in [0.15, 0.2) is 0 Å². The monoisotopic (exact) mass is 188 g/mol. The van der Waals surface area contributed by atoms with Crippen molar-refractivity contribution in [3.8, 4) is 0 Å². The van der Waals surface area contributed by atoms with E-state index in [4.69, 9.17) is 0 Å². The lowest BCUT2D eigenvalue weighted by Crippen LogP contribution is -2.01. The third kappa shape index (κ3) is 0.945. The van der Waals surface area contributed by atoms with Crippen LogP contribution in [-0.2, 0) is 0 Å². The first-order valence-electron chi connectivity index (χ1n) is 5.52. The molecule has 0 amide bonds. The van der Waals surface area contributed by atoms with Crippen LogP contribution in [0.1, 0.15) is 41.5 Å². The molecule has 0 N–H and O–H groups in total. The van der Waals surface area contributed by atoms with Gasteiger partial charge in [0, 0.05) is 5.92 Å². The Morgan fingerprint density at radius 2 is 1.29 bits per heavy atom. The van der Waals surface area contributed by atoms with Gasteiger partial charge in [-0.15, -0.1) is 0 Å². The summed E-state index contributed by atoms with van der Waals surface area (Å²) in [7, 11) is 0. The van der Waals surface area contributed by atoms with E-state index < -0.39 is 0 Å². The fourth-order valence-electron chi connectivity index (χ4n) is 3.11. The summed E-state index contributed by atoms with van der Waals surface area (Å²) < 4.78 is 0. The van der Waals surface area contributed by atoms with Crippen molar-refractivity contribution < 1.29 is 0 Å². The van der Waals surface area contributed by atoms with Crippen LogP contribution in [0.5, 0.6) is 0 Å². The largest absolute Gasteiger partial charge is 0.0665 e. The van der Waals surface area contributed by atoms with Crippen molar-refractivity contribution in [1.29, 1.82) is 0 Å². The zero-order valence-electron chi connectivity index (χ0n) is 10.2. The van der Waals surface area contributed by atoms with Crippen molar-refractivity contribution in [2.45, 2.75) is 41.5 Å². The quantitative estimate of drug-likeness (QED) is 0.498. The molecule has 0 heteroatoms. The van der Waals surface area contributed by atoms with E-state index in [0.29, 0.717) is 11.8 Å². The first kappa shape index (κ1) is 9.76. The second-order valence-corrected chi connectivity index (χ2v) is 4.91. The topological polar surface area (TPSA) is 0 Å². The summed E-state index contributed by atoms with van der Waals surface area (Å²) in [4.78, 5) is 0. The SMILES string of the molecule is CC1=C(C)C2C(C)=C(C)C(C)C2=C1C. The minimum atomic E-state index is 0.657. The maximum Gasteiger partial charge on any atom is 0.0231 e. The van der Waals surface area contributed by atoms with E-state index in [9.17, 15) is 0 Å². The molecule has 2 aliphatic rings. The molecular formula is C14H20. The lowest BCUT2D eigenvalue weighted by atomic mass is 9.91. The molecule has 0 aromatic carbocycles. The van der Waals surface area contributed by atoms with E-state index in [1.807, 2.05) is 0 Å². The average molecular weight is 188 g/mol. The average Bonchev–Trinajstić information content (AvgIpc) is 2.51. The van der Waals surface area contributed by atoms with Gasteiger partial charge in [-0.25, -0.2) is 0 Å². The molecule has 0 saturated heterocycles. The van der Waals surface area contributed by atoms with Crippen molar-refractivity contribution in [2.75, 3.05) is 0 Å². The predicted molar refractivity (Wildman–Crippen MR) is 62.1 cm³/mol. The summed E-state index contributed by atoms with van der Waals surface area (Å²) in [5, 5.41) is 0. The van der Waals surface area contributed by atoms with Crippen molar-refractivity contribution in [3.05, 3.63) is 33.4 Å². The molecule has 0 aromatic heterocycles. The summed E-state index contributed by atoms with van der Waals surface area (Å²) in [5.74, 6) is 1.33. The van der Waals surface area contributed by atoms with Crippen molar-refractivity contribution in [1.82, 2.24) is 0 Å². The normalized spacial score (nSPS) is 32.1. The summed E-state index contributed by atoms with van der Waals surface area (Å²) >= 11 is 0. The maximum atomic E-state index is 2.35. The summed E-state index contributed by atoms with van der Waals surface area (Å²) in [6, 6.07) is 0. The first-order chi connectivity index (χ1) is 6.46. The van der Waals surface area contributed by atoms with Crippen molar-refractivity contribution >= 4 is 0 Å². The Kier molecular flexibility index (Phi) is 1.99. The Bertz CT molecular complexity index is 388. The lowest BCUT2D eigenvalue weighted by Gasteiger charge is -2.12. The van der Waals surface area contributed by atoms with E-state index in [0.717, 1.165) is 0 Å². The molecule has 0 saturated carbocycles. The van der Waals surface area contributed by atoms with Crippen LogP contribution in [0.3, 0.4) is 0 Å². The first-order valence-corrected chi connectivity index (χ1v) is 5.52. The standard InChI is InChI=1S/C14H20/c1-7-9(3)13-11(5)8(2)12(6)14(13)10(7)4/h9,14H,1-6H3. The summed E-state index contributed by atoms with van der Waals surface area (Å²) in [5.41, 5.74) is 9.53. The number of fused-ring (bicyclic) bond motifs is 1. The number of hydrogen-bond acceptors (Lipinski definition) is 0. The van der Waals surface area contributed by atoms with Gasteiger partial charge >= 0.3 is 0 Å². The van der Waals surface area contributed by atoms with E-state index in [1.165, 1.54) is 5.57 Å². The van der Waals surface area contributed by atoms with Crippen LogP contribution in [0, 0.1) is 11.8 Å². The molecule has 0 bridgehead atoms. The van der Waals surface area contributed by atoms with Crippen LogP contribution in [-0.4, -0.2) is 0 Å². The van der Waals surface area contributed by atoms with E-state index in [2.05, 4.69) is 41.5 Å². The van der Waals surface area contributed by atoms with Gasteiger partial charge in [-0.2, -0.15) is 0 Å². The molecule has 0 aliphatic heterocycles. The van der Waals surface area contributed by atoms with Crippen LogP contribution >= 0.6 is 0 Å². The fraction of sp³-hybridized carbons (Fsp3) is 0.571. The fourth-order valence-corrected chi connectivity index (χ4v) is 3.11. The highest BCUT2D eigenvalue weighted by atomic mass is 14.4. The molecule has 2 rings (SSSR count). The highest BCUT2D eigenvalue weighted by Gasteiger charge is 2.37. The van der Waals surface area contributed by atoms with Gasteiger partial charge in [-0.3, -0.25) is 0 Å². The summed E-state index contributed by atoms with van der Waals surface area (Å²) in [6.07, 6.45) is 0. The van der Waals surface area contributed by atoms with Gasteiger partial charge in [0.25, 0.3) is 0 Å². The Balaban J connectivity index is 2.61. The molecule has 2 aliphatic carbocycles. The Labute approximate surface area is 87.4 Å².